The number of hydrogen-bond donors (Lipinski definition) is 2. The lowest BCUT2D eigenvalue weighted by atomic mass is 10.3. The molecular formula is C16H17N3O4S. The maximum absolute atomic E-state index is 12.1. The number of sulfonamides is 1. The minimum absolute atomic E-state index is 0.0430. The van der Waals surface area contributed by atoms with E-state index in [1.807, 2.05) is 0 Å². The topological polar surface area (TPSA) is 101 Å². The van der Waals surface area contributed by atoms with E-state index in [9.17, 15) is 13.2 Å². The van der Waals surface area contributed by atoms with Crippen LogP contribution in [0.5, 0.6) is 0 Å². The average Bonchev–Trinajstić information content (AvgIpc) is 2.99. The summed E-state index contributed by atoms with van der Waals surface area (Å²) in [5.41, 5.74) is 1.23. The molecule has 0 aliphatic heterocycles. The van der Waals surface area contributed by atoms with E-state index in [-0.39, 0.29) is 10.8 Å². The molecule has 0 bridgehead atoms. The Morgan fingerprint density at radius 1 is 1.17 bits per heavy atom. The van der Waals surface area contributed by atoms with Crippen molar-refractivity contribution in [1.82, 2.24) is 4.83 Å². The number of nitrogens with zero attached hydrogens (tertiary/aromatic N) is 1. The fourth-order valence-corrected chi connectivity index (χ4v) is 2.60. The molecule has 0 saturated heterocycles. The van der Waals surface area contributed by atoms with Crippen molar-refractivity contribution in [3.8, 4) is 0 Å². The van der Waals surface area contributed by atoms with Gasteiger partial charge in [0.15, 0.2) is 0 Å². The van der Waals surface area contributed by atoms with E-state index < -0.39 is 10.0 Å². The number of nitrogens with one attached hydrogen (secondary N) is 2. The normalized spacial score (nSPS) is 12.3. The number of furan rings is 1. The zero-order valence-corrected chi connectivity index (χ0v) is 14.0. The van der Waals surface area contributed by atoms with Gasteiger partial charge >= 0.3 is 0 Å². The third-order valence-electron chi connectivity index (χ3n) is 2.84. The molecule has 2 N–H and O–H groups in total. The average molecular weight is 347 g/mol. The molecule has 8 heteroatoms. The second-order valence-corrected chi connectivity index (χ2v) is 6.62. The molecule has 0 fully saturated rings. The fourth-order valence-electron chi connectivity index (χ4n) is 1.81. The molecule has 0 aliphatic rings. The first kappa shape index (κ1) is 17.5. The largest absolute Gasteiger partial charge is 0.465 e. The Morgan fingerprint density at radius 2 is 1.88 bits per heavy atom. The number of benzene rings is 1. The first-order chi connectivity index (χ1) is 11.4. The number of rotatable bonds is 6. The van der Waals surface area contributed by atoms with Gasteiger partial charge in [-0.2, -0.15) is 13.5 Å². The maximum Gasteiger partial charge on any atom is 0.276 e. The molecule has 0 atom stereocenters. The van der Waals surface area contributed by atoms with Gasteiger partial charge < -0.3 is 9.73 Å². The Hall–Kier alpha value is -2.87. The molecule has 126 valence electrons. The van der Waals surface area contributed by atoms with Gasteiger partial charge in [0.05, 0.1) is 17.4 Å². The van der Waals surface area contributed by atoms with Crippen molar-refractivity contribution in [2.45, 2.75) is 18.7 Å². The van der Waals surface area contributed by atoms with E-state index in [1.54, 1.807) is 31.4 Å². The van der Waals surface area contributed by atoms with Crippen LogP contribution in [0.2, 0.25) is 0 Å². The summed E-state index contributed by atoms with van der Waals surface area (Å²) in [5.74, 6) is 0.419. The van der Waals surface area contributed by atoms with E-state index in [4.69, 9.17) is 4.42 Å². The molecule has 0 aliphatic carbocycles. The van der Waals surface area contributed by atoms with Gasteiger partial charge in [0.2, 0.25) is 5.91 Å². The summed E-state index contributed by atoms with van der Waals surface area (Å²) in [4.78, 5) is 13.1. The van der Waals surface area contributed by atoms with Crippen LogP contribution in [0.15, 0.2) is 62.6 Å². The van der Waals surface area contributed by atoms with Crippen molar-refractivity contribution < 1.29 is 17.6 Å². The highest BCUT2D eigenvalue weighted by molar-refractivity contribution is 7.89. The van der Waals surface area contributed by atoms with Crippen LogP contribution in [-0.4, -0.2) is 20.5 Å². The van der Waals surface area contributed by atoms with E-state index in [1.165, 1.54) is 37.4 Å². The zero-order chi connectivity index (χ0) is 17.6. The van der Waals surface area contributed by atoms with E-state index in [2.05, 4.69) is 15.2 Å². The van der Waals surface area contributed by atoms with E-state index in [0.717, 1.165) is 0 Å². The van der Waals surface area contributed by atoms with Gasteiger partial charge in [0.1, 0.15) is 5.76 Å². The van der Waals surface area contributed by atoms with Gasteiger partial charge in [-0.25, -0.2) is 4.83 Å². The van der Waals surface area contributed by atoms with Gasteiger partial charge in [-0.1, -0.05) is 0 Å². The smallest absolute Gasteiger partial charge is 0.276 e. The highest BCUT2D eigenvalue weighted by Gasteiger charge is 2.12. The van der Waals surface area contributed by atoms with Gasteiger partial charge in [-0.15, -0.1) is 0 Å². The first-order valence-electron chi connectivity index (χ1n) is 7.01. The van der Waals surface area contributed by atoms with Gasteiger partial charge in [0, 0.05) is 12.6 Å². The Bertz CT molecular complexity index is 851. The van der Waals surface area contributed by atoms with Crippen LogP contribution < -0.4 is 10.1 Å². The molecule has 2 rings (SSSR count). The number of hydrazone groups is 1. The monoisotopic (exact) mass is 347 g/mol. The molecule has 0 radical (unpaired) electrons. The molecule has 24 heavy (non-hydrogen) atoms. The van der Waals surface area contributed by atoms with E-state index >= 15 is 0 Å². The number of carbonyl (C=O) groups is 1. The second kappa shape index (κ2) is 7.60. The summed E-state index contributed by atoms with van der Waals surface area (Å²) in [7, 11) is -3.77. The summed E-state index contributed by atoms with van der Waals surface area (Å²) < 4.78 is 29.4. The lowest BCUT2D eigenvalue weighted by Crippen LogP contribution is -2.18. The summed E-state index contributed by atoms with van der Waals surface area (Å²) in [6.07, 6.45) is 4.65. The zero-order valence-electron chi connectivity index (χ0n) is 13.2. The number of anilines is 1. The van der Waals surface area contributed by atoms with Crippen molar-refractivity contribution in [2.24, 2.45) is 5.10 Å². The molecule has 2 aromatic rings. The van der Waals surface area contributed by atoms with E-state index in [0.29, 0.717) is 17.0 Å². The van der Waals surface area contributed by atoms with Crippen molar-refractivity contribution in [3.63, 3.8) is 0 Å². The fraction of sp³-hybridized carbons (Fsp3) is 0.125. The number of carbonyl (C=O) groups excluding carboxylic acids is 1. The number of allylic oxidation sites excluding steroid dienone is 1. The van der Waals surface area contributed by atoms with Crippen molar-refractivity contribution >= 4 is 33.9 Å². The van der Waals surface area contributed by atoms with Crippen LogP contribution >= 0.6 is 0 Å². The van der Waals surface area contributed by atoms with Crippen LogP contribution in [0, 0.1) is 0 Å². The molecule has 1 aromatic heterocycles. The molecule has 1 amide bonds. The minimum atomic E-state index is -3.77. The predicted molar refractivity (Wildman–Crippen MR) is 91.9 cm³/mol. The van der Waals surface area contributed by atoms with Gasteiger partial charge in [0.25, 0.3) is 10.0 Å². The lowest BCUT2D eigenvalue weighted by molar-refractivity contribution is -0.114. The van der Waals surface area contributed by atoms with Crippen molar-refractivity contribution in [1.29, 1.82) is 0 Å². The summed E-state index contributed by atoms with van der Waals surface area (Å²) >= 11 is 0. The highest BCUT2D eigenvalue weighted by atomic mass is 32.2. The first-order valence-corrected chi connectivity index (χ1v) is 8.49. The number of amides is 1. The molecule has 1 aromatic carbocycles. The van der Waals surface area contributed by atoms with Crippen LogP contribution in [0.1, 0.15) is 19.6 Å². The third kappa shape index (κ3) is 5.10. The molecule has 7 nitrogen and oxygen atoms in total. The molecule has 1 heterocycles. The number of hydrogen-bond acceptors (Lipinski definition) is 5. The van der Waals surface area contributed by atoms with Crippen LogP contribution in [0.25, 0.3) is 6.08 Å². The maximum atomic E-state index is 12.1. The third-order valence-corrected chi connectivity index (χ3v) is 4.08. The lowest BCUT2D eigenvalue weighted by Gasteiger charge is -2.05. The SMILES string of the molecule is CC(=O)Nc1ccc(S(=O)(=O)N/N=C/C(C)=C/c2ccco2)cc1. The Kier molecular flexibility index (Phi) is 5.54. The minimum Gasteiger partial charge on any atom is -0.465 e. The summed E-state index contributed by atoms with van der Waals surface area (Å²) in [6.45, 7) is 3.14. The van der Waals surface area contributed by atoms with Crippen molar-refractivity contribution in [3.05, 3.63) is 54.0 Å². The summed E-state index contributed by atoms with van der Waals surface area (Å²) in [5, 5.41) is 6.29. The summed E-state index contributed by atoms with van der Waals surface area (Å²) in [6, 6.07) is 9.30. The van der Waals surface area contributed by atoms with Crippen LogP contribution in [0.3, 0.4) is 0 Å². The predicted octanol–water partition coefficient (Wildman–Crippen LogP) is 2.61. The van der Waals surface area contributed by atoms with Gasteiger partial charge in [-0.3, -0.25) is 4.79 Å². The van der Waals surface area contributed by atoms with Crippen LogP contribution in [0.4, 0.5) is 5.69 Å². The highest BCUT2D eigenvalue weighted by Crippen LogP contribution is 2.14. The Balaban J connectivity index is 2.03. The molecule has 0 unspecified atom stereocenters. The quantitative estimate of drug-likeness (QED) is 0.619. The van der Waals surface area contributed by atoms with Crippen molar-refractivity contribution in [2.75, 3.05) is 5.32 Å². The molecule has 0 saturated carbocycles. The Morgan fingerprint density at radius 3 is 2.46 bits per heavy atom. The Labute approximate surface area is 140 Å². The van der Waals surface area contributed by atoms with Gasteiger partial charge in [-0.05, 0) is 55.0 Å². The molecular weight excluding hydrogens is 330 g/mol. The standard InChI is InChI=1S/C16H17N3O4S/c1-12(10-15-4-3-9-23-15)11-17-19-24(21,22)16-7-5-14(6-8-16)18-13(2)20/h3-11,19H,1-2H3,(H,18,20)/b12-10+,17-11+. The van der Waals surface area contributed by atoms with Crippen LogP contribution in [-0.2, 0) is 14.8 Å². The molecule has 0 spiro atoms. The second-order valence-electron chi connectivity index (χ2n) is 4.96.